The maximum absolute atomic E-state index is 13.6. The highest BCUT2D eigenvalue weighted by atomic mass is 19.1. The summed E-state index contributed by atoms with van der Waals surface area (Å²) in [5.74, 6) is -1.36. The number of amides is 3. The molecule has 0 aliphatic rings. The number of benzene rings is 2. The number of alkyl carbamates (subject to hydrolysis) is 1. The van der Waals surface area contributed by atoms with E-state index in [1.807, 2.05) is 51.1 Å². The number of hydrogen-bond donors (Lipinski definition) is 2. The first kappa shape index (κ1) is 26.8. The molecule has 2 rings (SSSR count). The molecule has 184 valence electrons. The van der Waals surface area contributed by atoms with E-state index in [2.05, 4.69) is 10.6 Å². The quantitative estimate of drug-likeness (QED) is 0.629. The molecule has 0 heterocycles. The number of hydrogen-bond acceptors (Lipinski definition) is 4. The predicted molar refractivity (Wildman–Crippen MR) is 128 cm³/mol. The Labute approximate surface area is 200 Å². The molecule has 2 aromatic rings. The summed E-state index contributed by atoms with van der Waals surface area (Å²) in [5.41, 5.74) is -0.0421. The van der Waals surface area contributed by atoms with Crippen molar-refractivity contribution in [3.63, 3.8) is 0 Å². The molecule has 2 aromatic carbocycles. The van der Waals surface area contributed by atoms with Crippen molar-refractivity contribution in [2.75, 3.05) is 6.54 Å². The Balaban J connectivity index is 2.41. The second-order valence-electron chi connectivity index (χ2n) is 10.1. The maximum Gasteiger partial charge on any atom is 0.408 e. The van der Waals surface area contributed by atoms with E-state index in [1.54, 1.807) is 20.8 Å². The van der Waals surface area contributed by atoms with Gasteiger partial charge in [0.1, 0.15) is 24.0 Å². The molecule has 34 heavy (non-hydrogen) atoms. The lowest BCUT2D eigenvalue weighted by Gasteiger charge is -2.34. The number of nitrogens with zero attached hydrogens (tertiary/aromatic N) is 1. The monoisotopic (exact) mass is 471 g/mol. The molecule has 0 aromatic heterocycles. The molecular formula is C26H34FN3O4. The Kier molecular flexibility index (Phi) is 8.79. The molecule has 0 saturated carbocycles. The van der Waals surface area contributed by atoms with Gasteiger partial charge in [0, 0.05) is 12.1 Å². The lowest BCUT2D eigenvalue weighted by Crippen LogP contribution is -2.51. The number of ether oxygens (including phenoxy) is 1. The van der Waals surface area contributed by atoms with Crippen molar-refractivity contribution in [1.82, 2.24) is 15.5 Å². The molecule has 1 unspecified atom stereocenters. The van der Waals surface area contributed by atoms with Crippen molar-refractivity contribution in [2.24, 2.45) is 0 Å². The van der Waals surface area contributed by atoms with Crippen LogP contribution in [0.4, 0.5) is 9.18 Å². The number of halogens is 1. The zero-order valence-corrected chi connectivity index (χ0v) is 20.6. The minimum absolute atomic E-state index is 0.106. The molecule has 7 nitrogen and oxygen atoms in total. The summed E-state index contributed by atoms with van der Waals surface area (Å²) in [6.45, 7) is 10.4. The van der Waals surface area contributed by atoms with Crippen LogP contribution >= 0.6 is 0 Å². The predicted octanol–water partition coefficient (Wildman–Crippen LogP) is 4.34. The maximum atomic E-state index is 13.6. The van der Waals surface area contributed by atoms with E-state index >= 15 is 0 Å². The number of carbonyl (C=O) groups is 3. The van der Waals surface area contributed by atoms with Crippen LogP contribution in [-0.4, -0.2) is 40.5 Å². The number of carbonyl (C=O) groups excluding carboxylic acids is 3. The van der Waals surface area contributed by atoms with E-state index < -0.39 is 40.9 Å². The van der Waals surface area contributed by atoms with E-state index in [-0.39, 0.29) is 13.1 Å². The molecule has 0 spiro atoms. The van der Waals surface area contributed by atoms with E-state index in [4.69, 9.17) is 4.74 Å². The van der Waals surface area contributed by atoms with Crippen molar-refractivity contribution in [3.05, 3.63) is 71.5 Å². The molecule has 0 fully saturated rings. The lowest BCUT2D eigenvalue weighted by molar-refractivity contribution is -0.141. The first-order valence-electron chi connectivity index (χ1n) is 11.1. The van der Waals surface area contributed by atoms with Gasteiger partial charge < -0.3 is 20.3 Å². The number of rotatable bonds is 7. The Bertz CT molecular complexity index is 980. The van der Waals surface area contributed by atoms with Crippen LogP contribution in [0.5, 0.6) is 0 Å². The topological polar surface area (TPSA) is 87.7 Å². The second-order valence-corrected chi connectivity index (χ2v) is 10.1. The van der Waals surface area contributed by atoms with Gasteiger partial charge in [-0.05, 0) is 64.8 Å². The van der Waals surface area contributed by atoms with Crippen molar-refractivity contribution < 1.29 is 23.5 Å². The smallest absolute Gasteiger partial charge is 0.408 e. The van der Waals surface area contributed by atoms with Gasteiger partial charge in [0.15, 0.2) is 0 Å². The molecule has 2 N–H and O–H groups in total. The fourth-order valence-electron chi connectivity index (χ4n) is 3.22. The first-order chi connectivity index (χ1) is 15.7. The zero-order chi connectivity index (χ0) is 25.5. The van der Waals surface area contributed by atoms with Crippen LogP contribution in [0.1, 0.15) is 58.7 Å². The summed E-state index contributed by atoms with van der Waals surface area (Å²) in [6.07, 6.45) is -0.738. The van der Waals surface area contributed by atoms with Crippen LogP contribution < -0.4 is 10.6 Å². The third-order valence-corrected chi connectivity index (χ3v) is 4.54. The van der Waals surface area contributed by atoms with Crippen molar-refractivity contribution in [3.8, 4) is 0 Å². The van der Waals surface area contributed by atoms with Gasteiger partial charge in [-0.2, -0.15) is 0 Å². The Morgan fingerprint density at radius 2 is 1.53 bits per heavy atom. The highest BCUT2D eigenvalue weighted by Crippen LogP contribution is 2.25. The fraction of sp³-hybridized carbons (Fsp3) is 0.423. The fourth-order valence-corrected chi connectivity index (χ4v) is 3.22. The third kappa shape index (κ3) is 8.84. The van der Waals surface area contributed by atoms with Gasteiger partial charge in [-0.25, -0.2) is 9.18 Å². The van der Waals surface area contributed by atoms with Gasteiger partial charge in [-0.1, -0.05) is 42.5 Å². The van der Waals surface area contributed by atoms with Crippen LogP contribution in [0.15, 0.2) is 54.6 Å². The van der Waals surface area contributed by atoms with Gasteiger partial charge in [-0.15, -0.1) is 0 Å². The van der Waals surface area contributed by atoms with Crippen molar-refractivity contribution in [2.45, 2.75) is 65.3 Å². The number of nitrogens with one attached hydrogen (secondary N) is 2. The minimum atomic E-state index is -1.05. The zero-order valence-electron chi connectivity index (χ0n) is 20.6. The van der Waals surface area contributed by atoms with Crippen LogP contribution in [0.3, 0.4) is 0 Å². The second kappa shape index (κ2) is 11.1. The average molecular weight is 472 g/mol. The van der Waals surface area contributed by atoms with Gasteiger partial charge >= 0.3 is 6.09 Å². The molecule has 0 saturated heterocycles. The van der Waals surface area contributed by atoms with Crippen LogP contribution in [-0.2, 0) is 20.9 Å². The van der Waals surface area contributed by atoms with Gasteiger partial charge in [0.25, 0.3) is 0 Å². The normalized spacial score (nSPS) is 12.4. The molecule has 0 radical (unpaired) electrons. The SMILES string of the molecule is CC(C)(C)NC(=O)C(c1ccc(F)cc1)N(Cc1ccccc1)C(=O)CNC(=O)OC(C)(C)C. The largest absolute Gasteiger partial charge is 0.444 e. The Morgan fingerprint density at radius 1 is 0.941 bits per heavy atom. The van der Waals surface area contributed by atoms with Crippen LogP contribution in [0.2, 0.25) is 0 Å². The molecule has 3 amide bonds. The Morgan fingerprint density at radius 3 is 2.06 bits per heavy atom. The summed E-state index contributed by atoms with van der Waals surface area (Å²) < 4.78 is 18.8. The Hall–Kier alpha value is -3.42. The van der Waals surface area contributed by atoms with Crippen LogP contribution in [0.25, 0.3) is 0 Å². The van der Waals surface area contributed by atoms with E-state index in [9.17, 15) is 18.8 Å². The highest BCUT2D eigenvalue weighted by molar-refractivity contribution is 5.90. The van der Waals surface area contributed by atoms with Crippen LogP contribution in [0, 0.1) is 5.82 Å². The summed E-state index contributed by atoms with van der Waals surface area (Å²) >= 11 is 0. The van der Waals surface area contributed by atoms with Gasteiger partial charge in [0.2, 0.25) is 11.8 Å². The summed E-state index contributed by atoms with van der Waals surface area (Å²) in [5, 5.41) is 5.37. The van der Waals surface area contributed by atoms with E-state index in [0.717, 1.165) is 5.56 Å². The van der Waals surface area contributed by atoms with Gasteiger partial charge in [0.05, 0.1) is 0 Å². The van der Waals surface area contributed by atoms with E-state index in [0.29, 0.717) is 5.56 Å². The van der Waals surface area contributed by atoms with E-state index in [1.165, 1.54) is 29.2 Å². The first-order valence-corrected chi connectivity index (χ1v) is 11.1. The average Bonchev–Trinajstić information content (AvgIpc) is 2.71. The molecule has 0 bridgehead atoms. The molecular weight excluding hydrogens is 437 g/mol. The lowest BCUT2D eigenvalue weighted by atomic mass is 10.0. The van der Waals surface area contributed by atoms with Crippen molar-refractivity contribution in [1.29, 1.82) is 0 Å². The summed E-state index contributed by atoms with van der Waals surface area (Å²) in [6, 6.07) is 13.6. The summed E-state index contributed by atoms with van der Waals surface area (Å²) in [4.78, 5) is 40.3. The molecule has 0 aliphatic heterocycles. The molecule has 1 atom stereocenters. The highest BCUT2D eigenvalue weighted by Gasteiger charge is 2.33. The van der Waals surface area contributed by atoms with Gasteiger partial charge in [-0.3, -0.25) is 9.59 Å². The standard InChI is InChI=1S/C26H34FN3O4/c1-25(2,3)29-23(32)22(19-12-14-20(27)15-13-19)30(17-18-10-8-7-9-11-18)21(31)16-28-24(33)34-26(4,5)6/h7-15,22H,16-17H2,1-6H3,(H,28,33)(H,29,32). The molecule has 8 heteroatoms. The summed E-state index contributed by atoms with van der Waals surface area (Å²) in [7, 11) is 0. The minimum Gasteiger partial charge on any atom is -0.444 e. The third-order valence-electron chi connectivity index (χ3n) is 4.54. The van der Waals surface area contributed by atoms with Crippen molar-refractivity contribution >= 4 is 17.9 Å². The molecule has 0 aliphatic carbocycles.